The number of ether oxygens (including phenoxy) is 1. The number of nitrogens with zero attached hydrogens (tertiary/aromatic N) is 2. The molecule has 1 saturated heterocycles. The van der Waals surface area contributed by atoms with Crippen molar-refractivity contribution in [2.75, 3.05) is 23.8 Å². The van der Waals surface area contributed by atoms with Gasteiger partial charge in [-0.1, -0.05) is 23.5 Å². The lowest BCUT2D eigenvalue weighted by atomic mass is 10.2. The van der Waals surface area contributed by atoms with Crippen LogP contribution in [0.3, 0.4) is 0 Å². The van der Waals surface area contributed by atoms with Gasteiger partial charge in [0.25, 0.3) is 0 Å². The maximum atomic E-state index is 13.4. The first-order valence-corrected chi connectivity index (χ1v) is 10.8. The number of rotatable bonds is 6. The summed E-state index contributed by atoms with van der Waals surface area (Å²) in [5.74, 6) is -1.84. The number of fused-ring (bicyclic) bond motifs is 1. The molecule has 1 amide bonds. The van der Waals surface area contributed by atoms with Crippen LogP contribution >= 0.6 is 23.1 Å². The number of para-hydroxylation sites is 1. The highest BCUT2D eigenvalue weighted by Crippen LogP contribution is 2.31. The molecule has 8 heteroatoms. The number of anilines is 1. The van der Waals surface area contributed by atoms with Crippen LogP contribution in [0.5, 0.6) is 0 Å². The summed E-state index contributed by atoms with van der Waals surface area (Å²) < 4.78 is 33.2. The first kappa shape index (κ1) is 19.3. The van der Waals surface area contributed by atoms with Gasteiger partial charge in [-0.15, -0.1) is 11.8 Å². The molecule has 4 rings (SSSR count). The number of thiazole rings is 1. The van der Waals surface area contributed by atoms with Crippen LogP contribution < -0.4 is 4.90 Å². The van der Waals surface area contributed by atoms with Crippen molar-refractivity contribution in [3.8, 4) is 0 Å². The lowest BCUT2D eigenvalue weighted by Crippen LogP contribution is -2.38. The molecular formula is C20H18F2N2O2S2. The lowest BCUT2D eigenvalue weighted by Gasteiger charge is -2.23. The number of benzene rings is 2. The van der Waals surface area contributed by atoms with E-state index in [0.29, 0.717) is 23.2 Å². The van der Waals surface area contributed by atoms with Crippen molar-refractivity contribution < 1.29 is 18.3 Å². The zero-order valence-electron chi connectivity index (χ0n) is 14.9. The fourth-order valence-electron chi connectivity index (χ4n) is 3.04. The first-order chi connectivity index (χ1) is 13.6. The Morgan fingerprint density at radius 1 is 1.25 bits per heavy atom. The van der Waals surface area contributed by atoms with Gasteiger partial charge in [-0.25, -0.2) is 13.8 Å². The molecule has 0 bridgehead atoms. The van der Waals surface area contributed by atoms with E-state index < -0.39 is 11.6 Å². The van der Waals surface area contributed by atoms with Crippen molar-refractivity contribution >= 4 is 44.4 Å². The van der Waals surface area contributed by atoms with E-state index in [1.165, 1.54) is 29.2 Å². The van der Waals surface area contributed by atoms with Gasteiger partial charge in [-0.2, -0.15) is 0 Å². The van der Waals surface area contributed by atoms with Crippen LogP contribution in [0.25, 0.3) is 10.2 Å². The van der Waals surface area contributed by atoms with Crippen LogP contribution in [0.1, 0.15) is 12.8 Å². The molecule has 146 valence electrons. The van der Waals surface area contributed by atoms with E-state index in [1.807, 2.05) is 24.3 Å². The minimum atomic E-state index is -0.917. The number of amides is 1. The van der Waals surface area contributed by atoms with Gasteiger partial charge in [0, 0.05) is 11.5 Å². The molecule has 3 aromatic rings. The molecule has 1 fully saturated rings. The van der Waals surface area contributed by atoms with Crippen LogP contribution in [0.4, 0.5) is 13.9 Å². The summed E-state index contributed by atoms with van der Waals surface area (Å²) in [5, 5.41) is 0.632. The fourth-order valence-corrected chi connectivity index (χ4v) is 4.83. The molecule has 28 heavy (non-hydrogen) atoms. The number of carbonyl (C=O) groups is 1. The Labute approximate surface area is 169 Å². The molecule has 1 aromatic heterocycles. The molecular weight excluding hydrogens is 402 g/mol. The van der Waals surface area contributed by atoms with Gasteiger partial charge in [0.15, 0.2) is 16.8 Å². The van der Waals surface area contributed by atoms with Gasteiger partial charge in [-0.3, -0.25) is 9.69 Å². The average molecular weight is 421 g/mol. The summed E-state index contributed by atoms with van der Waals surface area (Å²) in [4.78, 5) is 19.8. The Balaban J connectivity index is 1.53. The topological polar surface area (TPSA) is 42.4 Å². The van der Waals surface area contributed by atoms with Crippen LogP contribution in [-0.4, -0.2) is 35.9 Å². The van der Waals surface area contributed by atoms with Crippen LogP contribution in [0.2, 0.25) is 0 Å². The molecule has 2 heterocycles. The zero-order valence-corrected chi connectivity index (χ0v) is 16.6. The SMILES string of the molecule is O=C(CSc1ccc(F)c(F)c1)N(CC1CCCO1)c1nc2ccccc2s1. The first-order valence-electron chi connectivity index (χ1n) is 8.95. The van der Waals surface area contributed by atoms with Crippen molar-refractivity contribution in [2.24, 2.45) is 0 Å². The van der Waals surface area contributed by atoms with Gasteiger partial charge in [-0.05, 0) is 43.2 Å². The molecule has 1 atom stereocenters. The van der Waals surface area contributed by atoms with Gasteiger partial charge in [0.05, 0.1) is 28.6 Å². The second-order valence-corrected chi connectivity index (χ2v) is 8.53. The van der Waals surface area contributed by atoms with E-state index in [0.717, 1.165) is 35.2 Å². The average Bonchev–Trinajstić information content (AvgIpc) is 3.36. The van der Waals surface area contributed by atoms with E-state index in [4.69, 9.17) is 4.74 Å². The molecule has 1 unspecified atom stereocenters. The number of hydrogen-bond acceptors (Lipinski definition) is 5. The molecule has 0 aliphatic carbocycles. The molecule has 4 nitrogen and oxygen atoms in total. The van der Waals surface area contributed by atoms with Crippen molar-refractivity contribution in [1.29, 1.82) is 0 Å². The van der Waals surface area contributed by atoms with Gasteiger partial charge >= 0.3 is 0 Å². The monoisotopic (exact) mass is 420 g/mol. The molecule has 0 spiro atoms. The normalized spacial score (nSPS) is 16.6. The third kappa shape index (κ3) is 4.34. The van der Waals surface area contributed by atoms with Gasteiger partial charge in [0.1, 0.15) is 0 Å². The molecule has 0 saturated carbocycles. The Hall–Kier alpha value is -2.03. The number of hydrogen-bond donors (Lipinski definition) is 0. The fraction of sp³-hybridized carbons (Fsp3) is 0.300. The van der Waals surface area contributed by atoms with Crippen molar-refractivity contribution in [3.05, 3.63) is 54.1 Å². The Bertz CT molecular complexity index is 956. The van der Waals surface area contributed by atoms with Gasteiger partial charge in [0.2, 0.25) is 5.91 Å². The molecule has 0 radical (unpaired) electrons. The second-order valence-electron chi connectivity index (χ2n) is 6.47. The summed E-state index contributed by atoms with van der Waals surface area (Å²) in [5.41, 5.74) is 0.848. The van der Waals surface area contributed by atoms with Crippen LogP contribution in [0.15, 0.2) is 47.4 Å². The molecule has 0 N–H and O–H groups in total. The van der Waals surface area contributed by atoms with Crippen LogP contribution in [-0.2, 0) is 9.53 Å². The van der Waals surface area contributed by atoms with E-state index in [-0.39, 0.29) is 17.8 Å². The third-order valence-electron chi connectivity index (χ3n) is 4.48. The summed E-state index contributed by atoms with van der Waals surface area (Å²) >= 11 is 2.64. The lowest BCUT2D eigenvalue weighted by molar-refractivity contribution is -0.116. The maximum absolute atomic E-state index is 13.4. The third-order valence-corrected chi connectivity index (χ3v) is 6.52. The predicted octanol–water partition coefficient (Wildman–Crippen LogP) is 4.88. The van der Waals surface area contributed by atoms with Crippen LogP contribution in [0, 0.1) is 11.6 Å². The summed E-state index contributed by atoms with van der Waals surface area (Å²) in [6.45, 7) is 1.15. The minimum Gasteiger partial charge on any atom is -0.376 e. The zero-order chi connectivity index (χ0) is 19.5. The quantitative estimate of drug-likeness (QED) is 0.533. The number of carbonyl (C=O) groups excluding carboxylic acids is 1. The Morgan fingerprint density at radius 3 is 2.86 bits per heavy atom. The highest BCUT2D eigenvalue weighted by atomic mass is 32.2. The molecule has 1 aliphatic rings. The van der Waals surface area contributed by atoms with E-state index in [2.05, 4.69) is 4.98 Å². The number of halogens is 2. The van der Waals surface area contributed by atoms with Gasteiger partial charge < -0.3 is 4.74 Å². The second kappa shape index (κ2) is 8.55. The maximum Gasteiger partial charge on any atom is 0.239 e. The highest BCUT2D eigenvalue weighted by Gasteiger charge is 2.26. The van der Waals surface area contributed by atoms with E-state index >= 15 is 0 Å². The molecule has 2 aromatic carbocycles. The number of thioether (sulfide) groups is 1. The Morgan fingerprint density at radius 2 is 2.11 bits per heavy atom. The standard InChI is InChI=1S/C20H18F2N2O2S2/c21-15-8-7-14(10-16(15)22)27-12-19(25)24(11-13-4-3-9-26-13)20-23-17-5-1-2-6-18(17)28-20/h1-2,5-8,10,13H,3-4,9,11-12H2. The molecule has 1 aliphatic heterocycles. The Kier molecular flexibility index (Phi) is 5.89. The number of aromatic nitrogens is 1. The summed E-state index contributed by atoms with van der Waals surface area (Å²) in [6, 6.07) is 11.4. The minimum absolute atomic E-state index is 0.00997. The summed E-state index contributed by atoms with van der Waals surface area (Å²) in [7, 11) is 0. The van der Waals surface area contributed by atoms with Crippen molar-refractivity contribution in [2.45, 2.75) is 23.8 Å². The predicted molar refractivity (Wildman–Crippen MR) is 108 cm³/mol. The largest absolute Gasteiger partial charge is 0.376 e. The smallest absolute Gasteiger partial charge is 0.239 e. The highest BCUT2D eigenvalue weighted by molar-refractivity contribution is 8.00. The van der Waals surface area contributed by atoms with E-state index in [9.17, 15) is 13.6 Å². The van der Waals surface area contributed by atoms with E-state index in [1.54, 1.807) is 4.90 Å². The summed E-state index contributed by atoms with van der Waals surface area (Å²) in [6.07, 6.45) is 1.88. The van der Waals surface area contributed by atoms with Crippen molar-refractivity contribution in [3.63, 3.8) is 0 Å². The van der Waals surface area contributed by atoms with Crippen molar-refractivity contribution in [1.82, 2.24) is 4.98 Å².